The molecule has 1 amide bonds. The predicted octanol–water partition coefficient (Wildman–Crippen LogP) is 3.22. The summed E-state index contributed by atoms with van der Waals surface area (Å²) in [7, 11) is 0. The Bertz CT molecular complexity index is 778. The van der Waals surface area contributed by atoms with E-state index in [2.05, 4.69) is 16.4 Å². The van der Waals surface area contributed by atoms with Gasteiger partial charge in [0.15, 0.2) is 0 Å². The summed E-state index contributed by atoms with van der Waals surface area (Å²) in [5.74, 6) is -0.108. The van der Waals surface area contributed by atoms with E-state index in [0.29, 0.717) is 17.1 Å². The number of nitrogens with two attached hydrogens (primary N) is 1. The summed E-state index contributed by atoms with van der Waals surface area (Å²) < 4.78 is 1.05. The van der Waals surface area contributed by atoms with Crippen molar-refractivity contribution in [2.24, 2.45) is 0 Å². The van der Waals surface area contributed by atoms with E-state index in [0.717, 1.165) is 21.5 Å². The van der Waals surface area contributed by atoms with Crippen LogP contribution in [0.4, 0.5) is 5.69 Å². The molecule has 21 heavy (non-hydrogen) atoms. The monoisotopic (exact) mass is 317 g/mol. The maximum absolute atomic E-state index is 12.3. The van der Waals surface area contributed by atoms with Crippen molar-refractivity contribution in [3.05, 3.63) is 45.2 Å². The molecule has 108 valence electrons. The number of thiophene rings is 1. The molecule has 0 radical (unpaired) electrons. The fraction of sp³-hybridized carbons (Fsp3) is 0.200. The van der Waals surface area contributed by atoms with Crippen molar-refractivity contribution in [1.82, 2.24) is 10.3 Å². The average Bonchev–Trinajstić information content (AvgIpc) is 3.07. The number of nitrogen functional groups attached to an aromatic ring is 1. The number of hydrogen-bond acceptors (Lipinski definition) is 5. The number of hydrogen-bond donors (Lipinski definition) is 2. The topological polar surface area (TPSA) is 68.0 Å². The van der Waals surface area contributed by atoms with Gasteiger partial charge in [0.2, 0.25) is 0 Å². The van der Waals surface area contributed by atoms with Crippen LogP contribution in [0.15, 0.2) is 29.8 Å². The van der Waals surface area contributed by atoms with Crippen molar-refractivity contribution in [3.63, 3.8) is 0 Å². The van der Waals surface area contributed by atoms with Crippen LogP contribution in [0.5, 0.6) is 0 Å². The lowest BCUT2D eigenvalue weighted by molar-refractivity contribution is 0.0959. The van der Waals surface area contributed by atoms with Gasteiger partial charge < -0.3 is 11.1 Å². The molecule has 0 saturated heterocycles. The number of thiazole rings is 1. The van der Waals surface area contributed by atoms with Crippen LogP contribution in [0.25, 0.3) is 10.1 Å². The van der Waals surface area contributed by atoms with E-state index >= 15 is 0 Å². The maximum Gasteiger partial charge on any atom is 0.263 e. The molecule has 6 heteroatoms. The molecule has 3 aromatic rings. The van der Waals surface area contributed by atoms with Gasteiger partial charge in [-0.2, -0.15) is 0 Å². The minimum Gasteiger partial charge on any atom is -0.397 e. The van der Waals surface area contributed by atoms with Gasteiger partial charge in [-0.15, -0.1) is 22.7 Å². The second-order valence-electron chi connectivity index (χ2n) is 4.78. The Morgan fingerprint density at radius 2 is 2.29 bits per heavy atom. The highest BCUT2D eigenvalue weighted by atomic mass is 32.1. The van der Waals surface area contributed by atoms with Crippen molar-refractivity contribution in [3.8, 4) is 0 Å². The van der Waals surface area contributed by atoms with Gasteiger partial charge in [-0.1, -0.05) is 12.1 Å². The van der Waals surface area contributed by atoms with Crippen LogP contribution in [-0.4, -0.2) is 17.4 Å². The number of carbonyl (C=O) groups excluding carboxylic acids is 1. The largest absolute Gasteiger partial charge is 0.397 e. The van der Waals surface area contributed by atoms with Crippen molar-refractivity contribution in [1.29, 1.82) is 0 Å². The van der Waals surface area contributed by atoms with Gasteiger partial charge in [0.05, 0.1) is 10.7 Å². The van der Waals surface area contributed by atoms with Gasteiger partial charge in [-0.05, 0) is 18.6 Å². The number of aryl methyl sites for hydroxylation is 1. The Balaban J connectivity index is 1.73. The quantitative estimate of drug-likeness (QED) is 0.776. The molecule has 0 aliphatic rings. The van der Waals surface area contributed by atoms with Crippen LogP contribution < -0.4 is 11.1 Å². The Kier molecular flexibility index (Phi) is 3.90. The Morgan fingerprint density at radius 1 is 1.43 bits per heavy atom. The minimum absolute atomic E-state index is 0.108. The zero-order valence-corrected chi connectivity index (χ0v) is 13.2. The molecule has 1 aromatic carbocycles. The number of rotatable bonds is 4. The Hall–Kier alpha value is -1.92. The molecular formula is C15H15N3OS2. The molecule has 0 unspecified atom stereocenters. The molecule has 2 aromatic heterocycles. The van der Waals surface area contributed by atoms with E-state index in [1.54, 1.807) is 17.5 Å². The minimum atomic E-state index is -0.108. The number of amides is 1. The third kappa shape index (κ3) is 2.91. The van der Waals surface area contributed by atoms with Crippen LogP contribution >= 0.6 is 22.7 Å². The number of fused-ring (bicyclic) bond motifs is 1. The van der Waals surface area contributed by atoms with Crippen molar-refractivity contribution in [2.45, 2.75) is 13.3 Å². The van der Waals surface area contributed by atoms with Gasteiger partial charge in [0.1, 0.15) is 4.88 Å². The highest BCUT2D eigenvalue weighted by molar-refractivity contribution is 7.21. The highest BCUT2D eigenvalue weighted by Crippen LogP contribution is 2.34. The standard InChI is InChI=1S/C15H15N3OS2/c1-9-2-3-10-11(8-9)21-14(13(10)16)15(19)18-5-4-12-17-6-7-20-12/h2-3,6-8H,4-5,16H2,1H3,(H,18,19). The lowest BCUT2D eigenvalue weighted by Crippen LogP contribution is -2.25. The molecule has 0 bridgehead atoms. The normalized spacial score (nSPS) is 10.9. The van der Waals surface area contributed by atoms with E-state index in [9.17, 15) is 4.79 Å². The third-order valence-corrected chi connectivity index (χ3v) is 5.20. The van der Waals surface area contributed by atoms with Crippen LogP contribution in [-0.2, 0) is 6.42 Å². The van der Waals surface area contributed by atoms with Crippen LogP contribution in [0.1, 0.15) is 20.2 Å². The van der Waals surface area contributed by atoms with Gasteiger partial charge in [0, 0.05) is 34.6 Å². The molecule has 0 saturated carbocycles. The predicted molar refractivity (Wildman–Crippen MR) is 89.1 cm³/mol. The highest BCUT2D eigenvalue weighted by Gasteiger charge is 2.16. The van der Waals surface area contributed by atoms with E-state index in [1.807, 2.05) is 24.4 Å². The molecule has 0 spiro atoms. The number of anilines is 1. The van der Waals surface area contributed by atoms with Crippen LogP contribution in [0.2, 0.25) is 0 Å². The number of carbonyl (C=O) groups is 1. The lowest BCUT2D eigenvalue weighted by atomic mass is 10.1. The summed E-state index contributed by atoms with van der Waals surface area (Å²) in [6.07, 6.45) is 2.52. The maximum atomic E-state index is 12.3. The molecule has 2 heterocycles. The molecule has 0 aliphatic carbocycles. The first-order valence-electron chi connectivity index (χ1n) is 6.60. The number of nitrogens with one attached hydrogen (secondary N) is 1. The van der Waals surface area contributed by atoms with Crippen molar-refractivity contribution < 1.29 is 4.79 Å². The fourth-order valence-corrected chi connectivity index (χ4v) is 3.89. The van der Waals surface area contributed by atoms with E-state index < -0.39 is 0 Å². The van der Waals surface area contributed by atoms with E-state index in [1.165, 1.54) is 16.9 Å². The summed E-state index contributed by atoms with van der Waals surface area (Å²) in [5.41, 5.74) is 7.83. The number of nitrogens with zero attached hydrogens (tertiary/aromatic N) is 1. The molecule has 0 fully saturated rings. The lowest BCUT2D eigenvalue weighted by Gasteiger charge is -2.02. The Labute approximate surface area is 130 Å². The summed E-state index contributed by atoms with van der Waals surface area (Å²) in [5, 5.41) is 6.82. The third-order valence-electron chi connectivity index (χ3n) is 3.20. The summed E-state index contributed by atoms with van der Waals surface area (Å²) in [4.78, 5) is 17.0. The molecule has 3 N–H and O–H groups in total. The molecule has 3 rings (SSSR count). The molecular weight excluding hydrogens is 302 g/mol. The molecule has 0 atom stereocenters. The summed E-state index contributed by atoms with van der Waals surface area (Å²) >= 11 is 3.04. The first-order valence-corrected chi connectivity index (χ1v) is 8.30. The second kappa shape index (κ2) is 5.83. The second-order valence-corrected chi connectivity index (χ2v) is 6.81. The van der Waals surface area contributed by atoms with Gasteiger partial charge in [0.25, 0.3) is 5.91 Å². The van der Waals surface area contributed by atoms with Crippen LogP contribution in [0, 0.1) is 6.92 Å². The Morgan fingerprint density at radius 3 is 3.05 bits per heavy atom. The van der Waals surface area contributed by atoms with E-state index in [-0.39, 0.29) is 5.91 Å². The smallest absolute Gasteiger partial charge is 0.263 e. The van der Waals surface area contributed by atoms with Crippen LogP contribution in [0.3, 0.4) is 0 Å². The first-order chi connectivity index (χ1) is 10.1. The first kappa shape index (κ1) is 14.0. The zero-order chi connectivity index (χ0) is 14.8. The number of benzene rings is 1. The van der Waals surface area contributed by atoms with E-state index in [4.69, 9.17) is 5.73 Å². The van der Waals surface area contributed by atoms with Crippen molar-refractivity contribution >= 4 is 44.4 Å². The summed E-state index contributed by atoms with van der Waals surface area (Å²) in [6.45, 7) is 2.60. The summed E-state index contributed by atoms with van der Waals surface area (Å²) in [6, 6.07) is 6.04. The molecule has 4 nitrogen and oxygen atoms in total. The van der Waals surface area contributed by atoms with Gasteiger partial charge >= 0.3 is 0 Å². The van der Waals surface area contributed by atoms with Gasteiger partial charge in [-0.3, -0.25) is 4.79 Å². The SMILES string of the molecule is Cc1ccc2c(N)c(C(=O)NCCc3nccs3)sc2c1. The number of aromatic nitrogens is 1. The van der Waals surface area contributed by atoms with Crippen molar-refractivity contribution in [2.75, 3.05) is 12.3 Å². The zero-order valence-electron chi connectivity index (χ0n) is 11.6. The van der Waals surface area contributed by atoms with Gasteiger partial charge in [-0.25, -0.2) is 4.98 Å². The average molecular weight is 317 g/mol. The molecule has 0 aliphatic heterocycles. The fourth-order valence-electron chi connectivity index (χ4n) is 2.13.